The third kappa shape index (κ3) is 2.72. The lowest BCUT2D eigenvalue weighted by molar-refractivity contribution is -0.0726. The number of ether oxygens (including phenoxy) is 2. The van der Waals surface area contributed by atoms with Gasteiger partial charge in [-0.05, 0) is 49.5 Å². The van der Waals surface area contributed by atoms with Crippen molar-refractivity contribution in [2.75, 3.05) is 13.7 Å². The fourth-order valence-electron chi connectivity index (χ4n) is 3.14. The second-order valence-electron chi connectivity index (χ2n) is 6.58. The molecule has 1 aliphatic heterocycles. The molecule has 0 bridgehead atoms. The highest BCUT2D eigenvalue weighted by Gasteiger charge is 2.44. The number of nitrogens with two attached hydrogens (primary N) is 1. The first kappa shape index (κ1) is 13.9. The summed E-state index contributed by atoms with van der Waals surface area (Å²) in [6.45, 7) is 5.49. The van der Waals surface area contributed by atoms with Crippen molar-refractivity contribution >= 4 is 0 Å². The predicted octanol–water partition coefficient (Wildman–Crippen LogP) is 2.99. The fourth-order valence-corrected chi connectivity index (χ4v) is 3.14. The Bertz CT molecular complexity index is 312. The molecular formula is C15H27NO2. The highest BCUT2D eigenvalue weighted by Crippen LogP contribution is 2.44. The van der Waals surface area contributed by atoms with Crippen molar-refractivity contribution in [3.63, 3.8) is 0 Å². The molecule has 3 nitrogen and oxygen atoms in total. The Hall–Kier alpha value is -0.540. The Kier molecular flexibility index (Phi) is 4.02. The summed E-state index contributed by atoms with van der Waals surface area (Å²) in [6, 6.07) is -0.0149. The van der Waals surface area contributed by atoms with Crippen molar-refractivity contribution < 1.29 is 9.47 Å². The van der Waals surface area contributed by atoms with E-state index in [1.165, 1.54) is 18.4 Å². The molecule has 0 saturated heterocycles. The molecule has 0 aromatic carbocycles. The van der Waals surface area contributed by atoms with Gasteiger partial charge in [0, 0.05) is 7.11 Å². The van der Waals surface area contributed by atoms with Crippen molar-refractivity contribution in [1.82, 2.24) is 0 Å². The average molecular weight is 253 g/mol. The van der Waals surface area contributed by atoms with Crippen LogP contribution in [0.2, 0.25) is 0 Å². The number of hydrogen-bond acceptors (Lipinski definition) is 3. The van der Waals surface area contributed by atoms with Gasteiger partial charge in [-0.3, -0.25) is 0 Å². The number of methoxy groups -OCH3 is 1. The maximum absolute atomic E-state index is 6.48. The van der Waals surface area contributed by atoms with Crippen molar-refractivity contribution in [1.29, 1.82) is 0 Å². The van der Waals surface area contributed by atoms with Gasteiger partial charge >= 0.3 is 0 Å². The van der Waals surface area contributed by atoms with E-state index in [1.54, 1.807) is 0 Å². The predicted molar refractivity (Wildman–Crippen MR) is 73.2 cm³/mol. The summed E-state index contributed by atoms with van der Waals surface area (Å²) in [7, 11) is 1.81. The van der Waals surface area contributed by atoms with Gasteiger partial charge in [0.15, 0.2) is 0 Å². The van der Waals surface area contributed by atoms with Gasteiger partial charge in [0.25, 0.3) is 0 Å². The minimum absolute atomic E-state index is 0.0149. The molecule has 2 aliphatic rings. The van der Waals surface area contributed by atoms with Gasteiger partial charge in [-0.25, -0.2) is 0 Å². The molecule has 1 saturated carbocycles. The first-order chi connectivity index (χ1) is 8.49. The van der Waals surface area contributed by atoms with Crippen molar-refractivity contribution in [2.45, 2.75) is 64.0 Å². The van der Waals surface area contributed by atoms with E-state index in [4.69, 9.17) is 15.2 Å². The van der Waals surface area contributed by atoms with E-state index in [1.807, 2.05) is 13.4 Å². The monoisotopic (exact) mass is 253 g/mol. The van der Waals surface area contributed by atoms with Crippen LogP contribution >= 0.6 is 0 Å². The third-order valence-electron chi connectivity index (χ3n) is 4.79. The average Bonchev–Trinajstić information content (AvgIpc) is 2.40. The van der Waals surface area contributed by atoms with Crippen molar-refractivity contribution in [3.05, 3.63) is 11.8 Å². The van der Waals surface area contributed by atoms with E-state index in [2.05, 4.69) is 13.8 Å². The van der Waals surface area contributed by atoms with Crippen molar-refractivity contribution in [2.24, 2.45) is 11.1 Å². The van der Waals surface area contributed by atoms with E-state index in [-0.39, 0.29) is 11.6 Å². The van der Waals surface area contributed by atoms with Gasteiger partial charge in [0.2, 0.25) is 0 Å². The Morgan fingerprint density at radius 2 is 1.94 bits per heavy atom. The Morgan fingerprint density at radius 3 is 2.44 bits per heavy atom. The number of hydrogen-bond donors (Lipinski definition) is 1. The molecule has 104 valence electrons. The van der Waals surface area contributed by atoms with Crippen LogP contribution in [0.4, 0.5) is 0 Å². The van der Waals surface area contributed by atoms with Crippen LogP contribution in [0.15, 0.2) is 11.8 Å². The molecule has 1 aliphatic carbocycles. The molecular weight excluding hydrogens is 226 g/mol. The fraction of sp³-hybridized carbons (Fsp3) is 0.867. The van der Waals surface area contributed by atoms with Crippen LogP contribution < -0.4 is 5.73 Å². The maximum atomic E-state index is 6.48. The molecule has 0 spiro atoms. The summed E-state index contributed by atoms with van der Waals surface area (Å²) in [5, 5.41) is 0. The molecule has 1 atom stereocenters. The van der Waals surface area contributed by atoms with Gasteiger partial charge in [-0.2, -0.15) is 0 Å². The molecule has 3 heteroatoms. The lowest BCUT2D eigenvalue weighted by atomic mass is 9.67. The van der Waals surface area contributed by atoms with Crippen LogP contribution in [0.3, 0.4) is 0 Å². The van der Waals surface area contributed by atoms with Crippen LogP contribution in [0.5, 0.6) is 0 Å². The van der Waals surface area contributed by atoms with Crippen LogP contribution in [0.1, 0.15) is 52.4 Å². The SMILES string of the molecule is COC1(C(N)C2=COCCC2)CCC(C)(C)CC1. The summed E-state index contributed by atoms with van der Waals surface area (Å²) in [5.74, 6) is 0. The summed E-state index contributed by atoms with van der Waals surface area (Å²) < 4.78 is 11.3. The molecule has 0 radical (unpaired) electrons. The zero-order chi connectivity index (χ0) is 13.2. The molecule has 2 N–H and O–H groups in total. The van der Waals surface area contributed by atoms with Gasteiger partial charge in [0.1, 0.15) is 0 Å². The number of rotatable bonds is 3. The van der Waals surface area contributed by atoms with Gasteiger partial charge in [-0.15, -0.1) is 0 Å². The molecule has 2 rings (SSSR count). The summed E-state index contributed by atoms with van der Waals surface area (Å²) in [6.07, 6.45) is 8.46. The normalized spacial score (nSPS) is 28.1. The van der Waals surface area contributed by atoms with Gasteiger partial charge in [-0.1, -0.05) is 13.8 Å². The van der Waals surface area contributed by atoms with Crippen LogP contribution in [-0.4, -0.2) is 25.4 Å². The Balaban J connectivity index is 2.10. The van der Waals surface area contributed by atoms with E-state index < -0.39 is 0 Å². The molecule has 0 amide bonds. The lowest BCUT2D eigenvalue weighted by Crippen LogP contribution is -2.53. The van der Waals surface area contributed by atoms with E-state index in [9.17, 15) is 0 Å². The van der Waals surface area contributed by atoms with Gasteiger partial charge < -0.3 is 15.2 Å². The smallest absolute Gasteiger partial charge is 0.0876 e. The Morgan fingerprint density at radius 1 is 1.28 bits per heavy atom. The van der Waals surface area contributed by atoms with E-state index >= 15 is 0 Å². The third-order valence-corrected chi connectivity index (χ3v) is 4.79. The quantitative estimate of drug-likeness (QED) is 0.841. The zero-order valence-electron chi connectivity index (χ0n) is 12.0. The minimum atomic E-state index is -0.179. The summed E-state index contributed by atoms with van der Waals surface area (Å²) >= 11 is 0. The second kappa shape index (κ2) is 5.22. The molecule has 0 aromatic rings. The van der Waals surface area contributed by atoms with E-state index in [0.717, 1.165) is 32.3 Å². The first-order valence-corrected chi connectivity index (χ1v) is 7.10. The second-order valence-corrected chi connectivity index (χ2v) is 6.58. The van der Waals surface area contributed by atoms with Crippen LogP contribution in [0.25, 0.3) is 0 Å². The molecule has 0 aromatic heterocycles. The van der Waals surface area contributed by atoms with Crippen LogP contribution in [0, 0.1) is 5.41 Å². The largest absolute Gasteiger partial charge is 0.501 e. The molecule has 1 unspecified atom stereocenters. The topological polar surface area (TPSA) is 44.5 Å². The van der Waals surface area contributed by atoms with Gasteiger partial charge in [0.05, 0.1) is 24.5 Å². The lowest BCUT2D eigenvalue weighted by Gasteiger charge is -2.46. The minimum Gasteiger partial charge on any atom is -0.501 e. The van der Waals surface area contributed by atoms with E-state index in [0.29, 0.717) is 5.41 Å². The van der Waals surface area contributed by atoms with Crippen molar-refractivity contribution in [3.8, 4) is 0 Å². The zero-order valence-corrected chi connectivity index (χ0v) is 12.0. The Labute approximate surface area is 111 Å². The maximum Gasteiger partial charge on any atom is 0.0876 e. The molecule has 18 heavy (non-hydrogen) atoms. The van der Waals surface area contributed by atoms with Crippen LogP contribution in [-0.2, 0) is 9.47 Å². The molecule has 1 fully saturated rings. The first-order valence-electron chi connectivity index (χ1n) is 7.10. The summed E-state index contributed by atoms with van der Waals surface area (Å²) in [4.78, 5) is 0. The molecule has 1 heterocycles. The standard InChI is InChI=1S/C15H27NO2/c1-14(2)6-8-15(17-3,9-7-14)13(16)12-5-4-10-18-11-12/h11,13H,4-10,16H2,1-3H3. The summed E-state index contributed by atoms with van der Waals surface area (Å²) in [5.41, 5.74) is 7.96. The highest BCUT2D eigenvalue weighted by molar-refractivity contribution is 5.17. The highest BCUT2D eigenvalue weighted by atomic mass is 16.5.